The minimum atomic E-state index is -0.623. The van der Waals surface area contributed by atoms with E-state index in [2.05, 4.69) is 31.9 Å². The van der Waals surface area contributed by atoms with Gasteiger partial charge in [-0.2, -0.15) is 0 Å². The summed E-state index contributed by atoms with van der Waals surface area (Å²) >= 11 is 6.51. The minimum absolute atomic E-state index is 0.304. The maximum absolute atomic E-state index is 13.2. The fourth-order valence-electron chi connectivity index (χ4n) is 1.77. The van der Waals surface area contributed by atoms with Crippen LogP contribution in [0, 0.1) is 5.82 Å². The quantitative estimate of drug-likeness (QED) is 0.779. The highest BCUT2D eigenvalue weighted by atomic mass is 79.9. The van der Waals surface area contributed by atoms with Crippen LogP contribution in [0.5, 0.6) is 5.75 Å². The Morgan fingerprint density at radius 2 is 1.95 bits per heavy atom. The third-order valence-electron chi connectivity index (χ3n) is 2.80. The van der Waals surface area contributed by atoms with E-state index >= 15 is 0 Å². The first-order valence-corrected chi connectivity index (χ1v) is 7.60. The zero-order valence-electron chi connectivity index (χ0n) is 10.7. The second kappa shape index (κ2) is 6.70. The molecule has 0 aromatic heterocycles. The Labute approximate surface area is 133 Å². The highest BCUT2D eigenvalue weighted by molar-refractivity contribution is 9.10. The Morgan fingerprint density at radius 1 is 1.20 bits per heavy atom. The van der Waals surface area contributed by atoms with E-state index in [1.165, 1.54) is 6.07 Å². The lowest BCUT2D eigenvalue weighted by Gasteiger charge is -2.14. The second-order valence-corrected chi connectivity index (χ2v) is 6.17. The Balaban J connectivity index is 2.16. The van der Waals surface area contributed by atoms with Crippen LogP contribution in [0.25, 0.3) is 0 Å². The third-order valence-corrected chi connectivity index (χ3v) is 3.90. The fraction of sp³-hybridized carbons (Fsp3) is 0.200. The van der Waals surface area contributed by atoms with Crippen LogP contribution in [0.2, 0.25) is 0 Å². The number of benzene rings is 2. The Hall–Kier alpha value is -0.910. The molecule has 0 aliphatic heterocycles. The van der Waals surface area contributed by atoms with E-state index < -0.39 is 6.10 Å². The van der Waals surface area contributed by atoms with Crippen LogP contribution in [0.15, 0.2) is 45.3 Å². The van der Waals surface area contributed by atoms with Gasteiger partial charge in [0, 0.05) is 10.0 Å². The zero-order valence-corrected chi connectivity index (χ0v) is 13.9. The lowest BCUT2D eigenvalue weighted by atomic mass is 10.1. The van der Waals surface area contributed by atoms with Gasteiger partial charge in [-0.25, -0.2) is 4.39 Å². The third kappa shape index (κ3) is 3.81. The van der Waals surface area contributed by atoms with Crippen LogP contribution >= 0.6 is 31.9 Å². The van der Waals surface area contributed by atoms with E-state index in [4.69, 9.17) is 4.74 Å². The predicted octanol–water partition coefficient (Wildman–Crippen LogP) is 4.98. The van der Waals surface area contributed by atoms with Gasteiger partial charge in [-0.05, 0) is 58.7 Å². The zero-order chi connectivity index (χ0) is 14.7. The van der Waals surface area contributed by atoms with Gasteiger partial charge in [-0.3, -0.25) is 0 Å². The minimum Gasteiger partial charge on any atom is -0.489 e. The molecule has 0 unspecified atom stereocenters. The van der Waals surface area contributed by atoms with Gasteiger partial charge in [0.1, 0.15) is 18.2 Å². The van der Waals surface area contributed by atoms with E-state index in [1.807, 2.05) is 12.1 Å². The van der Waals surface area contributed by atoms with E-state index in [-0.39, 0.29) is 5.82 Å². The van der Waals surface area contributed by atoms with E-state index in [0.717, 1.165) is 10.0 Å². The number of aliphatic hydroxyl groups excluding tert-OH is 1. The van der Waals surface area contributed by atoms with Crippen molar-refractivity contribution < 1.29 is 14.2 Å². The van der Waals surface area contributed by atoms with Gasteiger partial charge in [-0.15, -0.1) is 0 Å². The van der Waals surface area contributed by atoms with Gasteiger partial charge in [0.25, 0.3) is 0 Å². The van der Waals surface area contributed by atoms with Crippen molar-refractivity contribution >= 4 is 31.9 Å². The summed E-state index contributed by atoms with van der Waals surface area (Å²) in [6.45, 7) is 1.99. The summed E-state index contributed by atoms with van der Waals surface area (Å²) in [7, 11) is 0. The van der Waals surface area contributed by atoms with Crippen LogP contribution in [0.1, 0.15) is 24.2 Å². The molecule has 0 aliphatic carbocycles. The van der Waals surface area contributed by atoms with Crippen LogP contribution in [0.3, 0.4) is 0 Å². The maximum Gasteiger partial charge on any atom is 0.137 e. The summed E-state index contributed by atoms with van der Waals surface area (Å²) in [5, 5.41) is 9.75. The monoisotopic (exact) mass is 402 g/mol. The topological polar surface area (TPSA) is 29.5 Å². The first-order valence-electron chi connectivity index (χ1n) is 6.01. The lowest BCUT2D eigenvalue weighted by molar-refractivity contribution is 0.190. The van der Waals surface area contributed by atoms with Crippen molar-refractivity contribution in [1.82, 2.24) is 0 Å². The van der Waals surface area contributed by atoms with E-state index in [9.17, 15) is 9.50 Å². The molecule has 0 saturated carbocycles. The van der Waals surface area contributed by atoms with Gasteiger partial charge >= 0.3 is 0 Å². The van der Waals surface area contributed by atoms with Crippen LogP contribution in [-0.4, -0.2) is 5.11 Å². The van der Waals surface area contributed by atoms with Gasteiger partial charge < -0.3 is 9.84 Å². The smallest absolute Gasteiger partial charge is 0.137 e. The molecule has 5 heteroatoms. The van der Waals surface area contributed by atoms with Crippen LogP contribution in [-0.2, 0) is 6.61 Å². The normalized spacial score (nSPS) is 12.2. The molecule has 2 aromatic rings. The molecular weight excluding hydrogens is 391 g/mol. The summed E-state index contributed by atoms with van der Waals surface area (Å²) in [6.07, 6.45) is -0.623. The molecule has 1 N–H and O–H groups in total. The Morgan fingerprint density at radius 3 is 2.60 bits per heavy atom. The first kappa shape index (κ1) is 15.5. The van der Waals surface area contributed by atoms with Crippen molar-refractivity contribution in [3.05, 3.63) is 62.3 Å². The standard InChI is InChI=1S/C15H13Br2FO2/c1-9(19)12-7-11(16)3-5-15(12)20-8-10-2-4-14(18)13(17)6-10/h2-7,9,19H,8H2,1H3/t9-/m0/s1. The molecule has 0 amide bonds. The SMILES string of the molecule is C[C@H](O)c1cc(Br)ccc1OCc1ccc(F)c(Br)c1. The molecule has 2 nitrogen and oxygen atoms in total. The molecule has 0 aliphatic rings. The number of hydrogen-bond donors (Lipinski definition) is 1. The lowest BCUT2D eigenvalue weighted by Crippen LogP contribution is -2.01. The molecule has 0 radical (unpaired) electrons. The van der Waals surface area contributed by atoms with Crippen molar-refractivity contribution in [2.75, 3.05) is 0 Å². The molecule has 2 aromatic carbocycles. The highest BCUT2D eigenvalue weighted by Gasteiger charge is 2.10. The molecular formula is C15H13Br2FO2. The molecule has 20 heavy (non-hydrogen) atoms. The fourth-order valence-corrected chi connectivity index (χ4v) is 2.57. The first-order chi connectivity index (χ1) is 9.47. The van der Waals surface area contributed by atoms with Crippen molar-refractivity contribution in [3.8, 4) is 5.75 Å². The van der Waals surface area contributed by atoms with Crippen molar-refractivity contribution in [2.45, 2.75) is 19.6 Å². The summed E-state index contributed by atoms with van der Waals surface area (Å²) in [5.74, 6) is 0.311. The van der Waals surface area contributed by atoms with Crippen LogP contribution in [0.4, 0.5) is 4.39 Å². The summed E-state index contributed by atoms with van der Waals surface area (Å²) < 4.78 is 20.1. The summed E-state index contributed by atoms with van der Waals surface area (Å²) in [5.41, 5.74) is 1.55. The second-order valence-electron chi connectivity index (χ2n) is 4.40. The molecule has 2 rings (SSSR count). The molecule has 0 saturated heterocycles. The predicted molar refractivity (Wildman–Crippen MR) is 83.2 cm³/mol. The molecule has 106 valence electrons. The Kier molecular flexibility index (Phi) is 5.18. The molecule has 0 fully saturated rings. The van der Waals surface area contributed by atoms with Crippen LogP contribution < -0.4 is 4.74 Å². The molecule has 0 heterocycles. The van der Waals surface area contributed by atoms with Crippen molar-refractivity contribution in [1.29, 1.82) is 0 Å². The number of aliphatic hydroxyl groups is 1. The number of ether oxygens (including phenoxy) is 1. The Bertz CT molecular complexity index is 615. The van der Waals surface area contributed by atoms with Gasteiger partial charge in [-0.1, -0.05) is 22.0 Å². The van der Waals surface area contributed by atoms with Gasteiger partial charge in [0.15, 0.2) is 0 Å². The molecule has 1 atom stereocenters. The van der Waals surface area contributed by atoms with Gasteiger partial charge in [0.2, 0.25) is 0 Å². The number of hydrogen-bond acceptors (Lipinski definition) is 2. The maximum atomic E-state index is 13.2. The average molecular weight is 404 g/mol. The van der Waals surface area contributed by atoms with E-state index in [0.29, 0.717) is 22.4 Å². The number of rotatable bonds is 4. The van der Waals surface area contributed by atoms with E-state index in [1.54, 1.807) is 25.1 Å². The van der Waals surface area contributed by atoms with Gasteiger partial charge in [0.05, 0.1) is 10.6 Å². The summed E-state index contributed by atoms with van der Waals surface area (Å²) in [4.78, 5) is 0. The highest BCUT2D eigenvalue weighted by Crippen LogP contribution is 2.29. The molecule has 0 bridgehead atoms. The largest absolute Gasteiger partial charge is 0.489 e. The van der Waals surface area contributed by atoms with Crippen molar-refractivity contribution in [2.24, 2.45) is 0 Å². The summed E-state index contributed by atoms with van der Waals surface area (Å²) in [6, 6.07) is 10.2. The average Bonchev–Trinajstić information content (AvgIpc) is 2.41. The van der Waals surface area contributed by atoms with Crippen molar-refractivity contribution in [3.63, 3.8) is 0 Å². The number of halogens is 3. The molecule has 0 spiro atoms.